The Morgan fingerprint density at radius 3 is 2.64 bits per heavy atom. The summed E-state index contributed by atoms with van der Waals surface area (Å²) in [5, 5.41) is 19.7. The third-order valence-electron chi connectivity index (χ3n) is 5.51. The quantitative estimate of drug-likeness (QED) is 0.400. The lowest BCUT2D eigenvalue weighted by Gasteiger charge is -2.36. The van der Waals surface area contributed by atoms with Crippen molar-refractivity contribution in [1.29, 1.82) is 0 Å². The fourth-order valence-electron chi connectivity index (χ4n) is 3.78. The van der Waals surface area contributed by atoms with Crippen LogP contribution in [-0.4, -0.2) is 63.0 Å². The van der Waals surface area contributed by atoms with Gasteiger partial charge in [0, 0.05) is 39.0 Å². The van der Waals surface area contributed by atoms with Gasteiger partial charge in [0.25, 0.3) is 5.22 Å². The Balaban J connectivity index is 1.08. The Kier molecular flexibility index (Phi) is 6.45. The van der Waals surface area contributed by atoms with Gasteiger partial charge in [0.1, 0.15) is 5.75 Å². The number of anilines is 1. The summed E-state index contributed by atoms with van der Waals surface area (Å²) in [5.74, 6) is 1.13. The SMILES string of the molecule is O=C(CSc1nnc(CCc2nc3ccccc3s2)o1)N1CCN(c2ccccc2O)CC1. The van der Waals surface area contributed by atoms with Gasteiger partial charge in [-0.25, -0.2) is 4.98 Å². The van der Waals surface area contributed by atoms with Crippen molar-refractivity contribution in [3.05, 3.63) is 59.4 Å². The molecule has 0 spiro atoms. The Hall–Kier alpha value is -3.11. The van der Waals surface area contributed by atoms with Crippen molar-refractivity contribution in [3.8, 4) is 5.75 Å². The number of phenols is 1. The molecule has 8 nitrogen and oxygen atoms in total. The largest absolute Gasteiger partial charge is 0.506 e. The molecule has 0 aliphatic carbocycles. The van der Waals surface area contributed by atoms with E-state index in [1.54, 1.807) is 23.5 Å². The molecule has 0 bridgehead atoms. The molecule has 0 saturated carbocycles. The average molecular weight is 482 g/mol. The summed E-state index contributed by atoms with van der Waals surface area (Å²) in [6, 6.07) is 15.4. The number of para-hydroxylation sites is 3. The number of rotatable bonds is 7. The second-order valence-corrected chi connectivity index (χ2v) is 9.72. The molecule has 4 aromatic rings. The van der Waals surface area contributed by atoms with E-state index >= 15 is 0 Å². The molecule has 0 radical (unpaired) electrons. The number of thioether (sulfide) groups is 1. The van der Waals surface area contributed by atoms with Crippen LogP contribution in [0.2, 0.25) is 0 Å². The van der Waals surface area contributed by atoms with Crippen LogP contribution in [0.25, 0.3) is 10.2 Å². The minimum absolute atomic E-state index is 0.0474. The fourth-order valence-corrected chi connectivity index (χ4v) is 5.43. The average Bonchev–Trinajstić information content (AvgIpc) is 3.48. The van der Waals surface area contributed by atoms with Crippen molar-refractivity contribution < 1.29 is 14.3 Å². The zero-order valence-corrected chi connectivity index (χ0v) is 19.5. The minimum atomic E-state index is 0.0474. The van der Waals surface area contributed by atoms with E-state index in [-0.39, 0.29) is 17.4 Å². The van der Waals surface area contributed by atoms with Crippen LogP contribution in [0.1, 0.15) is 10.9 Å². The number of aryl methyl sites for hydroxylation is 2. The van der Waals surface area contributed by atoms with Crippen molar-refractivity contribution in [2.24, 2.45) is 0 Å². The van der Waals surface area contributed by atoms with Gasteiger partial charge in [0.05, 0.1) is 26.7 Å². The maximum Gasteiger partial charge on any atom is 0.277 e. The van der Waals surface area contributed by atoms with Crippen LogP contribution in [0.15, 0.2) is 58.2 Å². The highest BCUT2D eigenvalue weighted by atomic mass is 32.2. The van der Waals surface area contributed by atoms with Crippen molar-refractivity contribution in [2.45, 2.75) is 18.1 Å². The number of fused-ring (bicyclic) bond motifs is 1. The predicted octanol–water partition coefficient (Wildman–Crippen LogP) is 3.61. The number of hydrogen-bond acceptors (Lipinski definition) is 9. The first-order chi connectivity index (χ1) is 16.2. The Morgan fingerprint density at radius 1 is 1.03 bits per heavy atom. The monoisotopic (exact) mass is 481 g/mol. The number of benzene rings is 2. The van der Waals surface area contributed by atoms with Gasteiger partial charge in [-0.1, -0.05) is 36.0 Å². The summed E-state index contributed by atoms with van der Waals surface area (Å²) in [7, 11) is 0. The van der Waals surface area contributed by atoms with Crippen molar-refractivity contribution in [2.75, 3.05) is 36.8 Å². The van der Waals surface area contributed by atoms with Gasteiger partial charge in [-0.05, 0) is 24.3 Å². The highest BCUT2D eigenvalue weighted by Crippen LogP contribution is 2.27. The molecule has 1 fully saturated rings. The summed E-state index contributed by atoms with van der Waals surface area (Å²) in [4.78, 5) is 21.2. The second-order valence-electron chi connectivity index (χ2n) is 7.68. The molecule has 10 heteroatoms. The molecule has 2 aromatic heterocycles. The Morgan fingerprint density at radius 2 is 1.82 bits per heavy atom. The molecule has 0 unspecified atom stereocenters. The predicted molar refractivity (Wildman–Crippen MR) is 129 cm³/mol. The number of phenolic OH excluding ortho intramolecular Hbond substituents is 1. The lowest BCUT2D eigenvalue weighted by atomic mass is 10.2. The van der Waals surface area contributed by atoms with Crippen LogP contribution in [-0.2, 0) is 17.6 Å². The van der Waals surface area contributed by atoms with Gasteiger partial charge >= 0.3 is 0 Å². The van der Waals surface area contributed by atoms with Crippen LogP contribution in [0, 0.1) is 0 Å². The van der Waals surface area contributed by atoms with Gasteiger partial charge in [-0.2, -0.15) is 0 Å². The van der Waals surface area contributed by atoms with Gasteiger partial charge in [-0.15, -0.1) is 21.5 Å². The van der Waals surface area contributed by atoms with E-state index in [0.29, 0.717) is 43.7 Å². The fraction of sp³-hybridized carbons (Fsp3) is 0.304. The maximum atomic E-state index is 12.6. The first-order valence-corrected chi connectivity index (χ1v) is 12.6. The first kappa shape index (κ1) is 21.7. The third kappa shape index (κ3) is 5.12. The molecule has 5 rings (SSSR count). The Labute approximate surface area is 199 Å². The molecule has 2 aromatic carbocycles. The van der Waals surface area contributed by atoms with Crippen LogP contribution in [0.3, 0.4) is 0 Å². The van der Waals surface area contributed by atoms with Gasteiger partial charge in [0.2, 0.25) is 11.8 Å². The highest BCUT2D eigenvalue weighted by molar-refractivity contribution is 7.99. The number of piperazine rings is 1. The van der Waals surface area contributed by atoms with E-state index in [1.165, 1.54) is 16.5 Å². The number of amides is 1. The summed E-state index contributed by atoms with van der Waals surface area (Å²) in [6.07, 6.45) is 1.36. The number of carbonyl (C=O) groups excluding carboxylic acids is 1. The number of aromatic nitrogens is 3. The topological polar surface area (TPSA) is 95.6 Å². The third-order valence-corrected chi connectivity index (χ3v) is 7.41. The van der Waals surface area contributed by atoms with E-state index < -0.39 is 0 Å². The van der Waals surface area contributed by atoms with Gasteiger partial charge in [-0.3, -0.25) is 4.79 Å². The number of aromatic hydroxyl groups is 1. The zero-order chi connectivity index (χ0) is 22.6. The van der Waals surface area contributed by atoms with Gasteiger partial charge < -0.3 is 19.3 Å². The maximum absolute atomic E-state index is 12.6. The van der Waals surface area contributed by atoms with E-state index in [2.05, 4.69) is 26.1 Å². The van der Waals surface area contributed by atoms with E-state index in [9.17, 15) is 9.90 Å². The molecular weight excluding hydrogens is 458 g/mol. The molecule has 0 atom stereocenters. The smallest absolute Gasteiger partial charge is 0.277 e. The molecule has 170 valence electrons. The van der Waals surface area contributed by atoms with Crippen LogP contribution >= 0.6 is 23.1 Å². The number of hydrogen-bond donors (Lipinski definition) is 1. The molecular formula is C23H23N5O3S2. The van der Waals surface area contributed by atoms with E-state index in [0.717, 1.165) is 22.6 Å². The standard InChI is InChI=1S/C23H23N5O3S2/c29-18-7-3-2-6-17(18)27-11-13-28(14-12-27)22(30)15-32-23-26-25-20(31-23)9-10-21-24-16-5-1-4-8-19(16)33-21/h1-8,29H,9-15H2. The van der Waals surface area contributed by atoms with E-state index in [4.69, 9.17) is 4.42 Å². The summed E-state index contributed by atoms with van der Waals surface area (Å²) < 4.78 is 6.89. The Bertz CT molecular complexity index is 1220. The van der Waals surface area contributed by atoms with Crippen molar-refractivity contribution in [3.63, 3.8) is 0 Å². The normalized spacial score (nSPS) is 14.2. The minimum Gasteiger partial charge on any atom is -0.506 e. The zero-order valence-electron chi connectivity index (χ0n) is 17.9. The number of nitrogens with zero attached hydrogens (tertiary/aromatic N) is 5. The molecule has 1 aliphatic heterocycles. The van der Waals surface area contributed by atoms with Crippen LogP contribution in [0.4, 0.5) is 5.69 Å². The molecule has 1 amide bonds. The molecule has 33 heavy (non-hydrogen) atoms. The van der Waals surface area contributed by atoms with Gasteiger partial charge in [0.15, 0.2) is 0 Å². The lowest BCUT2D eigenvalue weighted by Crippen LogP contribution is -2.49. The van der Waals surface area contributed by atoms with Crippen molar-refractivity contribution >= 4 is 44.9 Å². The van der Waals surface area contributed by atoms with Crippen LogP contribution in [0.5, 0.6) is 5.75 Å². The number of carbonyl (C=O) groups is 1. The van der Waals surface area contributed by atoms with Crippen LogP contribution < -0.4 is 4.90 Å². The molecule has 1 N–H and O–H groups in total. The van der Waals surface area contributed by atoms with E-state index in [1.807, 2.05) is 35.2 Å². The summed E-state index contributed by atoms with van der Waals surface area (Å²) in [6.45, 7) is 2.60. The van der Waals surface area contributed by atoms with Crippen molar-refractivity contribution in [1.82, 2.24) is 20.1 Å². The molecule has 1 aliphatic rings. The number of thiazole rings is 1. The molecule has 3 heterocycles. The summed E-state index contributed by atoms with van der Waals surface area (Å²) >= 11 is 2.95. The summed E-state index contributed by atoms with van der Waals surface area (Å²) in [5.41, 5.74) is 1.82. The first-order valence-electron chi connectivity index (χ1n) is 10.8. The molecule has 1 saturated heterocycles. The lowest BCUT2D eigenvalue weighted by molar-refractivity contribution is -0.128. The second kappa shape index (κ2) is 9.80. The highest BCUT2D eigenvalue weighted by Gasteiger charge is 2.23.